The van der Waals surface area contributed by atoms with Gasteiger partial charge in [-0.1, -0.05) is 0 Å². The molecule has 0 aromatic carbocycles. The highest BCUT2D eigenvalue weighted by Gasteiger charge is 2.10. The Morgan fingerprint density at radius 3 is 2.68 bits per heavy atom. The Bertz CT molecular complexity index is 554. The quantitative estimate of drug-likeness (QED) is 0.614. The van der Waals surface area contributed by atoms with Gasteiger partial charge in [0.05, 0.1) is 29.6 Å². The van der Waals surface area contributed by atoms with Crippen LogP contribution in [0.25, 0.3) is 0 Å². The van der Waals surface area contributed by atoms with Gasteiger partial charge in [-0.05, 0) is 13.0 Å². The summed E-state index contributed by atoms with van der Waals surface area (Å²) in [6, 6.07) is 4.63. The van der Waals surface area contributed by atoms with Crippen LogP contribution >= 0.6 is 0 Å². The van der Waals surface area contributed by atoms with Crippen molar-refractivity contribution in [1.29, 1.82) is 0 Å². The molecule has 2 rings (SSSR count). The summed E-state index contributed by atoms with van der Waals surface area (Å²) in [5.41, 5.74) is 0.943. The van der Waals surface area contributed by atoms with E-state index in [0.717, 1.165) is 5.56 Å². The average molecular weight is 262 g/mol. The summed E-state index contributed by atoms with van der Waals surface area (Å²) in [5.74, 6) is 0.928. The minimum atomic E-state index is -0.439. The molecule has 0 radical (unpaired) electrons. The Kier molecular flexibility index (Phi) is 3.97. The largest absolute Gasteiger partial charge is 0.472 e. The second-order valence-electron chi connectivity index (χ2n) is 3.87. The lowest BCUT2D eigenvalue weighted by Crippen LogP contribution is -2.05. The number of furan rings is 1. The minimum absolute atomic E-state index is 0.000596. The first-order valence-electron chi connectivity index (χ1n) is 5.84. The summed E-state index contributed by atoms with van der Waals surface area (Å²) < 4.78 is 4.95. The van der Waals surface area contributed by atoms with Crippen LogP contribution in [0.1, 0.15) is 12.5 Å². The van der Waals surface area contributed by atoms with Crippen molar-refractivity contribution in [2.45, 2.75) is 13.5 Å². The fourth-order valence-electron chi connectivity index (χ4n) is 1.57. The van der Waals surface area contributed by atoms with Gasteiger partial charge in [0, 0.05) is 18.7 Å². The van der Waals surface area contributed by atoms with E-state index < -0.39 is 4.92 Å². The highest BCUT2D eigenvalue weighted by atomic mass is 16.6. The van der Waals surface area contributed by atoms with E-state index in [2.05, 4.69) is 15.6 Å². The van der Waals surface area contributed by atoms with E-state index in [4.69, 9.17) is 4.42 Å². The smallest absolute Gasteiger partial charge is 0.276 e. The molecule has 0 amide bonds. The SMILES string of the molecule is CCNc1cc([N+](=O)[O-])cc(NCc2ccoc2)n1. The summed E-state index contributed by atoms with van der Waals surface area (Å²) in [6.07, 6.45) is 3.18. The van der Waals surface area contributed by atoms with Crippen molar-refractivity contribution in [2.24, 2.45) is 0 Å². The molecule has 0 aliphatic carbocycles. The Morgan fingerprint density at radius 2 is 2.11 bits per heavy atom. The molecule has 2 N–H and O–H groups in total. The number of nitrogens with zero attached hydrogens (tertiary/aromatic N) is 2. The Labute approximate surface area is 109 Å². The van der Waals surface area contributed by atoms with Gasteiger partial charge in [-0.15, -0.1) is 0 Å². The fraction of sp³-hybridized carbons (Fsp3) is 0.250. The first kappa shape index (κ1) is 12.9. The number of nitrogens with one attached hydrogen (secondary N) is 2. The maximum absolute atomic E-state index is 10.8. The molecule has 7 heteroatoms. The number of rotatable bonds is 6. The lowest BCUT2D eigenvalue weighted by Gasteiger charge is -2.07. The zero-order valence-corrected chi connectivity index (χ0v) is 10.4. The summed E-state index contributed by atoms with van der Waals surface area (Å²) in [6.45, 7) is 3.05. The highest BCUT2D eigenvalue weighted by Crippen LogP contribution is 2.21. The molecule has 0 aliphatic heterocycles. The number of anilines is 2. The van der Waals surface area contributed by atoms with Gasteiger partial charge in [0.25, 0.3) is 5.69 Å². The van der Waals surface area contributed by atoms with Crippen LogP contribution in [0.5, 0.6) is 0 Å². The average Bonchev–Trinajstić information content (AvgIpc) is 2.89. The van der Waals surface area contributed by atoms with Crippen LogP contribution in [0.15, 0.2) is 35.1 Å². The van der Waals surface area contributed by atoms with Crippen LogP contribution in [0.4, 0.5) is 17.3 Å². The summed E-state index contributed by atoms with van der Waals surface area (Å²) in [5, 5.41) is 16.8. The molecule has 0 saturated carbocycles. The van der Waals surface area contributed by atoms with E-state index in [9.17, 15) is 10.1 Å². The molecule has 2 aromatic rings. The molecule has 0 spiro atoms. The fourth-order valence-corrected chi connectivity index (χ4v) is 1.57. The van der Waals surface area contributed by atoms with Gasteiger partial charge in [-0.2, -0.15) is 0 Å². The third-order valence-electron chi connectivity index (χ3n) is 2.43. The topological polar surface area (TPSA) is 93.2 Å². The number of hydrogen-bond donors (Lipinski definition) is 2. The van der Waals surface area contributed by atoms with Crippen LogP contribution in [-0.2, 0) is 6.54 Å². The molecule has 0 aliphatic rings. The number of nitro groups is 1. The second kappa shape index (κ2) is 5.85. The Morgan fingerprint density at radius 1 is 1.37 bits per heavy atom. The Balaban J connectivity index is 2.16. The third kappa shape index (κ3) is 3.44. The van der Waals surface area contributed by atoms with Crippen LogP contribution in [0.3, 0.4) is 0 Å². The van der Waals surface area contributed by atoms with Gasteiger partial charge in [-0.3, -0.25) is 10.1 Å². The minimum Gasteiger partial charge on any atom is -0.472 e. The number of hydrogen-bond acceptors (Lipinski definition) is 6. The normalized spacial score (nSPS) is 10.2. The second-order valence-corrected chi connectivity index (χ2v) is 3.87. The standard InChI is InChI=1S/C12H14N4O3/c1-2-13-11-5-10(16(17)18)6-12(15-11)14-7-9-3-4-19-8-9/h3-6,8H,2,7H2,1H3,(H2,13,14,15). The van der Waals surface area contributed by atoms with Crippen molar-refractivity contribution in [3.05, 3.63) is 46.4 Å². The van der Waals surface area contributed by atoms with E-state index in [-0.39, 0.29) is 5.69 Å². The maximum atomic E-state index is 10.8. The predicted octanol–water partition coefficient (Wildman–Crippen LogP) is 2.63. The van der Waals surface area contributed by atoms with Crippen molar-refractivity contribution in [1.82, 2.24) is 4.98 Å². The van der Waals surface area contributed by atoms with Crippen molar-refractivity contribution >= 4 is 17.3 Å². The van der Waals surface area contributed by atoms with Crippen LogP contribution in [0.2, 0.25) is 0 Å². The molecule has 0 saturated heterocycles. The van der Waals surface area contributed by atoms with Crippen LogP contribution in [-0.4, -0.2) is 16.5 Å². The van der Waals surface area contributed by atoms with Gasteiger partial charge in [0.1, 0.15) is 11.6 Å². The van der Waals surface area contributed by atoms with Gasteiger partial charge in [-0.25, -0.2) is 4.98 Å². The zero-order chi connectivity index (χ0) is 13.7. The van der Waals surface area contributed by atoms with E-state index in [1.54, 1.807) is 12.5 Å². The first-order valence-corrected chi connectivity index (χ1v) is 5.84. The van der Waals surface area contributed by atoms with Gasteiger partial charge in [0.2, 0.25) is 0 Å². The molecule has 7 nitrogen and oxygen atoms in total. The zero-order valence-electron chi connectivity index (χ0n) is 10.4. The lowest BCUT2D eigenvalue weighted by atomic mass is 10.3. The highest BCUT2D eigenvalue weighted by molar-refractivity contribution is 5.54. The van der Waals surface area contributed by atoms with Crippen LogP contribution in [0, 0.1) is 10.1 Å². The van der Waals surface area contributed by atoms with Crippen LogP contribution < -0.4 is 10.6 Å². The van der Waals surface area contributed by atoms with Gasteiger partial charge in [0.15, 0.2) is 0 Å². The Hall–Kier alpha value is -2.57. The molecule has 0 bridgehead atoms. The van der Waals surface area contributed by atoms with E-state index in [1.165, 1.54) is 12.1 Å². The molecular weight excluding hydrogens is 248 g/mol. The number of aromatic nitrogens is 1. The van der Waals surface area contributed by atoms with Crippen molar-refractivity contribution in [3.8, 4) is 0 Å². The molecule has 0 unspecified atom stereocenters. The molecule has 100 valence electrons. The third-order valence-corrected chi connectivity index (χ3v) is 2.43. The molecule has 2 aromatic heterocycles. The van der Waals surface area contributed by atoms with E-state index >= 15 is 0 Å². The first-order chi connectivity index (χ1) is 9.19. The lowest BCUT2D eigenvalue weighted by molar-refractivity contribution is -0.384. The van der Waals surface area contributed by atoms with Crippen molar-refractivity contribution < 1.29 is 9.34 Å². The van der Waals surface area contributed by atoms with Gasteiger partial charge >= 0.3 is 0 Å². The summed E-state index contributed by atoms with van der Waals surface area (Å²) >= 11 is 0. The predicted molar refractivity (Wildman–Crippen MR) is 71.1 cm³/mol. The summed E-state index contributed by atoms with van der Waals surface area (Å²) in [4.78, 5) is 14.7. The molecule has 2 heterocycles. The molecular formula is C12H14N4O3. The molecule has 0 fully saturated rings. The summed E-state index contributed by atoms with van der Waals surface area (Å²) in [7, 11) is 0. The van der Waals surface area contributed by atoms with Crippen molar-refractivity contribution in [3.63, 3.8) is 0 Å². The van der Waals surface area contributed by atoms with Gasteiger partial charge < -0.3 is 15.1 Å². The maximum Gasteiger partial charge on any atom is 0.276 e. The van der Waals surface area contributed by atoms with Crippen molar-refractivity contribution in [2.75, 3.05) is 17.2 Å². The molecule has 19 heavy (non-hydrogen) atoms. The molecule has 0 atom stereocenters. The number of pyridine rings is 1. The van der Waals surface area contributed by atoms with E-state index in [1.807, 2.05) is 13.0 Å². The monoisotopic (exact) mass is 262 g/mol. The van der Waals surface area contributed by atoms with E-state index in [0.29, 0.717) is 24.7 Å².